The third-order valence-corrected chi connectivity index (χ3v) is 8.62. The Kier molecular flexibility index (Phi) is 7.51. The Morgan fingerprint density at radius 3 is 2.63 bits per heavy atom. The highest BCUT2D eigenvalue weighted by Crippen LogP contribution is 2.34. The maximum absolute atomic E-state index is 13.2. The van der Waals surface area contributed by atoms with Gasteiger partial charge in [-0.3, -0.25) is 9.79 Å². The van der Waals surface area contributed by atoms with Gasteiger partial charge >= 0.3 is 0 Å². The summed E-state index contributed by atoms with van der Waals surface area (Å²) in [7, 11) is -3.99. The first-order valence-corrected chi connectivity index (χ1v) is 14.5. The first-order chi connectivity index (χ1) is 18.3. The lowest BCUT2D eigenvalue weighted by Crippen LogP contribution is -2.55. The lowest BCUT2D eigenvalue weighted by atomic mass is 10.1. The van der Waals surface area contributed by atoms with Gasteiger partial charge in [0.15, 0.2) is 11.9 Å². The van der Waals surface area contributed by atoms with Gasteiger partial charge in [-0.25, -0.2) is 18.1 Å². The van der Waals surface area contributed by atoms with Gasteiger partial charge < -0.3 is 15.2 Å². The fourth-order valence-corrected chi connectivity index (χ4v) is 6.32. The molecule has 0 bridgehead atoms. The van der Waals surface area contributed by atoms with Crippen LogP contribution in [0.4, 0.5) is 0 Å². The van der Waals surface area contributed by atoms with Crippen molar-refractivity contribution in [2.45, 2.75) is 62.6 Å². The van der Waals surface area contributed by atoms with Crippen LogP contribution in [0, 0.1) is 5.92 Å². The van der Waals surface area contributed by atoms with Crippen LogP contribution >= 0.6 is 0 Å². The highest BCUT2D eigenvalue weighted by Gasteiger charge is 2.45. The Morgan fingerprint density at radius 1 is 1.18 bits per heavy atom. The van der Waals surface area contributed by atoms with E-state index in [2.05, 4.69) is 10.0 Å². The first kappa shape index (κ1) is 26.3. The molecular formula is C27H33N5O5S. The second kappa shape index (κ2) is 10.8. The molecular weight excluding hydrogens is 506 g/mol. The summed E-state index contributed by atoms with van der Waals surface area (Å²) >= 11 is 0. The molecule has 1 aliphatic carbocycles. The van der Waals surface area contributed by atoms with Crippen molar-refractivity contribution in [3.8, 4) is 5.75 Å². The molecule has 202 valence electrons. The average Bonchev–Trinajstić information content (AvgIpc) is 3.56. The number of carbonyl (C=O) groups is 1. The first-order valence-electron chi connectivity index (χ1n) is 13.0. The maximum Gasteiger partial charge on any atom is 0.252 e. The molecule has 1 fully saturated rings. The number of aliphatic hydroxyl groups excluding tert-OH is 1. The molecule has 5 rings (SSSR count). The van der Waals surface area contributed by atoms with Gasteiger partial charge in [-0.2, -0.15) is 5.10 Å². The number of carbonyl (C=O) groups excluding carboxylic acids is 1. The number of amides is 1. The summed E-state index contributed by atoms with van der Waals surface area (Å²) in [4.78, 5) is 17.9. The molecule has 0 aromatic heterocycles. The molecule has 3 N–H and O–H groups in total. The zero-order valence-electron chi connectivity index (χ0n) is 21.5. The summed E-state index contributed by atoms with van der Waals surface area (Å²) < 4.78 is 34.6. The van der Waals surface area contributed by atoms with Crippen molar-refractivity contribution >= 4 is 27.6 Å². The number of hydrazone groups is 1. The number of hydrogen-bond acceptors (Lipinski definition) is 8. The average molecular weight is 540 g/mol. The molecule has 10 nitrogen and oxygen atoms in total. The summed E-state index contributed by atoms with van der Waals surface area (Å²) in [5.74, 6) is 1.47. The quantitative estimate of drug-likeness (QED) is 0.449. The number of rotatable bonds is 9. The van der Waals surface area contributed by atoms with E-state index < -0.39 is 22.2 Å². The summed E-state index contributed by atoms with van der Waals surface area (Å²) in [5.41, 5.74) is 0.964. The fraction of sp³-hybridized carbons (Fsp3) is 0.444. The lowest BCUT2D eigenvalue weighted by molar-refractivity contribution is -0.124. The van der Waals surface area contributed by atoms with Crippen molar-refractivity contribution in [2.24, 2.45) is 16.0 Å². The number of ether oxygens (including phenoxy) is 1. The highest BCUT2D eigenvalue weighted by atomic mass is 32.2. The lowest BCUT2D eigenvalue weighted by Gasteiger charge is -2.31. The van der Waals surface area contributed by atoms with Crippen LogP contribution in [0.1, 0.15) is 56.8 Å². The Bertz CT molecular complexity index is 1360. The molecule has 0 radical (unpaired) electrons. The van der Waals surface area contributed by atoms with E-state index in [1.807, 2.05) is 19.9 Å². The number of fused-ring (bicyclic) bond motifs is 1. The van der Waals surface area contributed by atoms with Crippen LogP contribution in [-0.2, 0) is 14.8 Å². The third kappa shape index (κ3) is 5.18. The van der Waals surface area contributed by atoms with Gasteiger partial charge in [0.05, 0.1) is 29.2 Å². The van der Waals surface area contributed by atoms with E-state index in [0.29, 0.717) is 23.5 Å². The van der Waals surface area contributed by atoms with Crippen LogP contribution in [0.15, 0.2) is 63.5 Å². The molecule has 3 aliphatic rings. The van der Waals surface area contributed by atoms with Crippen LogP contribution in [0.25, 0.3) is 0 Å². The van der Waals surface area contributed by atoms with Crippen molar-refractivity contribution in [2.75, 3.05) is 13.2 Å². The van der Waals surface area contributed by atoms with Gasteiger partial charge in [0.2, 0.25) is 10.0 Å². The Morgan fingerprint density at radius 2 is 1.92 bits per heavy atom. The predicted molar refractivity (Wildman–Crippen MR) is 143 cm³/mol. The van der Waals surface area contributed by atoms with E-state index in [9.17, 15) is 18.3 Å². The predicted octanol–water partition coefficient (Wildman–Crippen LogP) is 2.55. The van der Waals surface area contributed by atoms with Crippen LogP contribution in [-0.4, -0.2) is 61.3 Å². The molecule has 2 aromatic rings. The van der Waals surface area contributed by atoms with E-state index in [1.165, 1.54) is 12.1 Å². The van der Waals surface area contributed by atoms with Crippen molar-refractivity contribution in [3.05, 3.63) is 59.7 Å². The van der Waals surface area contributed by atoms with Crippen LogP contribution in [0.2, 0.25) is 0 Å². The summed E-state index contributed by atoms with van der Waals surface area (Å²) in [6, 6.07) is 12.5. The van der Waals surface area contributed by atoms with E-state index >= 15 is 0 Å². The summed E-state index contributed by atoms with van der Waals surface area (Å²) in [6.45, 7) is 3.89. The number of amidine groups is 2. The molecule has 0 saturated heterocycles. The molecule has 3 atom stereocenters. The number of benzene rings is 2. The number of aliphatic hydroxyl groups is 1. The molecule has 1 amide bonds. The van der Waals surface area contributed by atoms with Crippen molar-refractivity contribution in [1.82, 2.24) is 15.0 Å². The van der Waals surface area contributed by atoms with Crippen LogP contribution < -0.4 is 14.8 Å². The third-order valence-electron chi connectivity index (χ3n) is 7.20. The standard InChI is InChI=1S/C27H33N5O5S/c1-3-37-23-14-13-20(38(35,36)28-16-22(33)18-9-5-4-6-10-18)15-21(23)25-30-27(34)24-17(2)29-26(32(24)31-25)19-11-7-8-12-19/h4-6,9-10,13-15,17,19,22,24,28,33H,3,7-8,11-12,16H2,1-2H3,(H,30,31,34). The Balaban J connectivity index is 1.45. The van der Waals surface area contributed by atoms with Gasteiger partial charge in [0.25, 0.3) is 5.91 Å². The maximum atomic E-state index is 13.2. The minimum absolute atomic E-state index is 0.0326. The summed E-state index contributed by atoms with van der Waals surface area (Å²) in [6.07, 6.45) is 3.27. The molecule has 2 aliphatic heterocycles. The van der Waals surface area contributed by atoms with Crippen molar-refractivity contribution in [3.63, 3.8) is 0 Å². The Hall–Kier alpha value is -3.28. The van der Waals surface area contributed by atoms with Crippen molar-refractivity contribution < 1.29 is 23.1 Å². The number of sulfonamides is 1. The summed E-state index contributed by atoms with van der Waals surface area (Å²) in [5, 5.41) is 19.8. The van der Waals surface area contributed by atoms with E-state index in [4.69, 9.17) is 14.8 Å². The smallest absolute Gasteiger partial charge is 0.252 e. The molecule has 2 heterocycles. The normalized spacial score (nSPS) is 22.5. The zero-order chi connectivity index (χ0) is 26.9. The number of nitrogens with one attached hydrogen (secondary N) is 2. The van der Waals surface area contributed by atoms with Gasteiger partial charge in [0.1, 0.15) is 11.6 Å². The highest BCUT2D eigenvalue weighted by molar-refractivity contribution is 7.89. The van der Waals surface area contributed by atoms with Gasteiger partial charge in [-0.05, 0) is 50.5 Å². The topological polar surface area (TPSA) is 133 Å². The molecule has 2 aromatic carbocycles. The minimum Gasteiger partial charge on any atom is -0.493 e. The van der Waals surface area contributed by atoms with Crippen molar-refractivity contribution in [1.29, 1.82) is 0 Å². The number of nitrogens with zero attached hydrogens (tertiary/aromatic N) is 3. The fourth-order valence-electron chi connectivity index (χ4n) is 5.26. The minimum atomic E-state index is -3.99. The molecule has 11 heteroatoms. The molecule has 1 saturated carbocycles. The largest absolute Gasteiger partial charge is 0.493 e. The molecule has 38 heavy (non-hydrogen) atoms. The monoisotopic (exact) mass is 539 g/mol. The molecule has 0 spiro atoms. The SMILES string of the molecule is CCOc1ccc(S(=O)(=O)NCC(O)c2ccccc2)cc1C1=NN2C(C3CCCC3)=NC(C)C2C(=O)N1. The van der Waals surface area contributed by atoms with E-state index in [1.54, 1.807) is 35.3 Å². The second-order valence-electron chi connectivity index (χ2n) is 9.81. The Labute approximate surface area is 222 Å². The zero-order valence-corrected chi connectivity index (χ0v) is 22.3. The van der Waals surface area contributed by atoms with Gasteiger partial charge in [0, 0.05) is 12.5 Å². The van der Waals surface area contributed by atoms with E-state index in [-0.39, 0.29) is 35.1 Å². The van der Waals surface area contributed by atoms with Crippen LogP contribution in [0.5, 0.6) is 5.75 Å². The second-order valence-corrected chi connectivity index (χ2v) is 11.6. The van der Waals surface area contributed by atoms with Gasteiger partial charge in [-0.1, -0.05) is 43.2 Å². The number of hydrogen-bond donors (Lipinski definition) is 3. The van der Waals surface area contributed by atoms with E-state index in [0.717, 1.165) is 31.5 Å². The van der Waals surface area contributed by atoms with Crippen LogP contribution in [0.3, 0.4) is 0 Å². The van der Waals surface area contributed by atoms with Gasteiger partial charge in [-0.15, -0.1) is 0 Å². The number of aliphatic imine (C=N–C) groups is 1. The molecule has 3 unspecified atom stereocenters.